The predicted octanol–water partition coefficient (Wildman–Crippen LogP) is 0.566. The van der Waals surface area contributed by atoms with Gasteiger partial charge >= 0.3 is 5.97 Å². The van der Waals surface area contributed by atoms with Gasteiger partial charge in [0.1, 0.15) is 6.54 Å². The number of hydrogen-bond donors (Lipinski definition) is 1. The number of oxime groups is 1. The summed E-state index contributed by atoms with van der Waals surface area (Å²) in [4.78, 5) is 20.3. The second-order valence-electron chi connectivity index (χ2n) is 4.75. The van der Waals surface area contributed by atoms with Crippen molar-refractivity contribution in [1.29, 1.82) is 0 Å². The largest absolute Gasteiger partial charge is 0.380 e. The first-order valence-electron chi connectivity index (χ1n) is 6.86. The number of likely N-dealkylation sites (N-methyl/N-ethyl adjacent to an activating group) is 1. The Morgan fingerprint density at radius 2 is 1.83 bits per heavy atom. The highest BCUT2D eigenvalue weighted by Gasteiger charge is 2.23. The third-order valence-corrected chi connectivity index (χ3v) is 4.84. The van der Waals surface area contributed by atoms with Gasteiger partial charge in [0.2, 0.25) is 10.0 Å². The van der Waals surface area contributed by atoms with Crippen molar-refractivity contribution in [1.82, 2.24) is 9.29 Å². The highest BCUT2D eigenvalue weighted by Crippen LogP contribution is 2.13. The summed E-state index contributed by atoms with van der Waals surface area (Å²) in [5.41, 5.74) is 6.19. The van der Waals surface area contributed by atoms with Gasteiger partial charge in [-0.3, -0.25) is 4.98 Å². The van der Waals surface area contributed by atoms with Gasteiger partial charge < -0.3 is 10.6 Å². The van der Waals surface area contributed by atoms with Gasteiger partial charge in [0.15, 0.2) is 5.84 Å². The first-order valence-corrected chi connectivity index (χ1v) is 8.30. The molecule has 0 saturated heterocycles. The van der Waals surface area contributed by atoms with E-state index in [0.29, 0.717) is 5.56 Å². The molecule has 0 fully saturated rings. The molecule has 0 spiro atoms. The highest BCUT2D eigenvalue weighted by atomic mass is 32.2. The van der Waals surface area contributed by atoms with Crippen molar-refractivity contribution in [2.24, 2.45) is 10.9 Å². The zero-order valence-electron chi connectivity index (χ0n) is 12.9. The number of nitrogens with zero attached hydrogens (tertiary/aromatic N) is 3. The van der Waals surface area contributed by atoms with E-state index in [9.17, 15) is 13.2 Å². The van der Waals surface area contributed by atoms with Crippen LogP contribution in [0.4, 0.5) is 0 Å². The van der Waals surface area contributed by atoms with Crippen LogP contribution in [0.2, 0.25) is 0 Å². The Morgan fingerprint density at radius 3 is 2.46 bits per heavy atom. The van der Waals surface area contributed by atoms with Crippen LogP contribution in [-0.4, -0.2) is 43.1 Å². The smallest absolute Gasteiger partial charge is 0.350 e. The quantitative estimate of drug-likeness (QED) is 0.353. The van der Waals surface area contributed by atoms with Crippen molar-refractivity contribution in [2.45, 2.75) is 4.90 Å². The van der Waals surface area contributed by atoms with E-state index in [-0.39, 0.29) is 10.7 Å². The lowest BCUT2D eigenvalue weighted by molar-refractivity contribution is -0.143. The normalized spacial score (nSPS) is 12.2. The fraction of sp³-hybridized carbons (Fsp3) is 0.133. The van der Waals surface area contributed by atoms with E-state index in [1.165, 1.54) is 31.6 Å². The number of rotatable bonds is 6. The average molecular weight is 348 g/mol. The molecular weight excluding hydrogens is 332 g/mol. The maximum Gasteiger partial charge on any atom is 0.350 e. The molecule has 0 aliphatic heterocycles. The van der Waals surface area contributed by atoms with Gasteiger partial charge in [0.25, 0.3) is 0 Å². The standard InChI is InChI=1S/C15H16N4O4S/c1-19(24(21,22)13-5-3-2-4-6-13)11-14(20)23-18-15(16)12-7-9-17-10-8-12/h2-10H,11H2,1H3,(H2,16,18). The van der Waals surface area contributed by atoms with Gasteiger partial charge in [0, 0.05) is 25.0 Å². The molecular formula is C15H16N4O4S. The van der Waals surface area contributed by atoms with Crippen LogP contribution in [0.1, 0.15) is 5.56 Å². The molecule has 0 amide bonds. The van der Waals surface area contributed by atoms with Crippen molar-refractivity contribution >= 4 is 21.8 Å². The summed E-state index contributed by atoms with van der Waals surface area (Å²) in [5, 5.41) is 3.50. The number of aromatic nitrogens is 1. The van der Waals surface area contributed by atoms with E-state index in [0.717, 1.165) is 4.31 Å². The summed E-state index contributed by atoms with van der Waals surface area (Å²) < 4.78 is 25.4. The molecule has 0 saturated carbocycles. The summed E-state index contributed by atoms with van der Waals surface area (Å²) in [6.07, 6.45) is 3.03. The van der Waals surface area contributed by atoms with E-state index in [1.54, 1.807) is 30.3 Å². The van der Waals surface area contributed by atoms with Crippen molar-refractivity contribution in [2.75, 3.05) is 13.6 Å². The van der Waals surface area contributed by atoms with Crippen LogP contribution in [0.25, 0.3) is 0 Å². The van der Waals surface area contributed by atoms with Crippen LogP contribution in [-0.2, 0) is 19.7 Å². The molecule has 2 rings (SSSR count). The van der Waals surface area contributed by atoms with Gasteiger partial charge in [0.05, 0.1) is 4.90 Å². The van der Waals surface area contributed by atoms with Crippen LogP contribution >= 0.6 is 0 Å². The predicted molar refractivity (Wildman–Crippen MR) is 87.3 cm³/mol. The van der Waals surface area contributed by atoms with Crippen LogP contribution in [0.15, 0.2) is 64.9 Å². The first-order chi connectivity index (χ1) is 11.4. The minimum atomic E-state index is -3.78. The maximum atomic E-state index is 12.3. The summed E-state index contributed by atoms with van der Waals surface area (Å²) >= 11 is 0. The molecule has 0 radical (unpaired) electrons. The fourth-order valence-electron chi connectivity index (χ4n) is 1.74. The number of hydrogen-bond acceptors (Lipinski definition) is 6. The highest BCUT2D eigenvalue weighted by molar-refractivity contribution is 7.89. The van der Waals surface area contributed by atoms with Gasteiger partial charge in [-0.15, -0.1) is 0 Å². The lowest BCUT2D eigenvalue weighted by Gasteiger charge is -2.15. The van der Waals surface area contributed by atoms with Crippen LogP contribution in [0.5, 0.6) is 0 Å². The Bertz CT molecular complexity index is 823. The van der Waals surface area contributed by atoms with Crippen LogP contribution < -0.4 is 5.73 Å². The summed E-state index contributed by atoms with van der Waals surface area (Å²) in [7, 11) is -2.50. The number of carbonyl (C=O) groups is 1. The second-order valence-corrected chi connectivity index (χ2v) is 6.79. The van der Waals surface area contributed by atoms with Crippen molar-refractivity contribution in [3.8, 4) is 0 Å². The van der Waals surface area contributed by atoms with Crippen molar-refractivity contribution < 1.29 is 18.0 Å². The van der Waals surface area contributed by atoms with E-state index >= 15 is 0 Å². The Morgan fingerprint density at radius 1 is 1.21 bits per heavy atom. The second kappa shape index (κ2) is 7.66. The molecule has 0 unspecified atom stereocenters. The number of carbonyl (C=O) groups excluding carboxylic acids is 1. The van der Waals surface area contributed by atoms with Gasteiger partial charge in [-0.05, 0) is 24.3 Å². The van der Waals surface area contributed by atoms with Crippen molar-refractivity contribution in [3.05, 3.63) is 60.4 Å². The molecule has 24 heavy (non-hydrogen) atoms. The molecule has 126 valence electrons. The minimum Gasteiger partial charge on any atom is -0.380 e. The van der Waals surface area contributed by atoms with Gasteiger partial charge in [-0.25, -0.2) is 13.2 Å². The number of amidine groups is 1. The van der Waals surface area contributed by atoms with E-state index in [2.05, 4.69) is 15.0 Å². The molecule has 2 N–H and O–H groups in total. The molecule has 0 aliphatic carbocycles. The van der Waals surface area contributed by atoms with Crippen molar-refractivity contribution in [3.63, 3.8) is 0 Å². The Kier molecular flexibility index (Phi) is 5.61. The number of benzene rings is 1. The summed E-state index contributed by atoms with van der Waals surface area (Å²) in [6.45, 7) is -0.496. The van der Waals surface area contributed by atoms with E-state index in [4.69, 9.17) is 5.73 Å². The molecule has 1 heterocycles. The third kappa shape index (κ3) is 4.37. The molecule has 0 bridgehead atoms. The molecule has 1 aromatic heterocycles. The number of sulfonamides is 1. The molecule has 8 nitrogen and oxygen atoms in total. The molecule has 9 heteroatoms. The summed E-state index contributed by atoms with van der Waals surface area (Å²) in [6, 6.07) is 11.0. The van der Waals surface area contributed by atoms with Crippen LogP contribution in [0, 0.1) is 0 Å². The summed E-state index contributed by atoms with van der Waals surface area (Å²) in [5.74, 6) is -0.867. The number of pyridine rings is 1. The van der Waals surface area contributed by atoms with Gasteiger partial charge in [-0.2, -0.15) is 4.31 Å². The monoisotopic (exact) mass is 348 g/mol. The Hall–Kier alpha value is -2.78. The minimum absolute atomic E-state index is 0.0145. The fourth-order valence-corrected chi connectivity index (χ4v) is 2.88. The topological polar surface area (TPSA) is 115 Å². The van der Waals surface area contributed by atoms with Gasteiger partial charge in [-0.1, -0.05) is 23.4 Å². The van der Waals surface area contributed by atoms with E-state index in [1.807, 2.05) is 0 Å². The lowest BCUT2D eigenvalue weighted by Crippen LogP contribution is -2.32. The SMILES string of the molecule is CN(CC(=O)ON=C(N)c1ccncc1)S(=O)(=O)c1ccccc1. The Balaban J connectivity index is 1.99. The molecule has 0 atom stereocenters. The van der Waals surface area contributed by atoms with E-state index < -0.39 is 22.5 Å². The Labute approximate surface area is 139 Å². The zero-order valence-corrected chi connectivity index (χ0v) is 13.7. The number of nitrogens with two attached hydrogens (primary N) is 1. The lowest BCUT2D eigenvalue weighted by atomic mass is 10.2. The first kappa shape index (κ1) is 17.6. The molecule has 1 aromatic carbocycles. The molecule has 0 aliphatic rings. The molecule has 2 aromatic rings. The maximum absolute atomic E-state index is 12.3. The average Bonchev–Trinajstić information content (AvgIpc) is 2.61. The zero-order chi connectivity index (χ0) is 17.6. The van der Waals surface area contributed by atoms with Crippen LogP contribution in [0.3, 0.4) is 0 Å². The third-order valence-electron chi connectivity index (χ3n) is 3.03.